The number of carbonyl (C=O) groups is 1. The molecule has 0 fully saturated rings. The van der Waals surface area contributed by atoms with E-state index in [1.165, 1.54) is 0 Å². The topological polar surface area (TPSA) is 57.5 Å². The quantitative estimate of drug-likeness (QED) is 0.618. The summed E-state index contributed by atoms with van der Waals surface area (Å²) in [6.07, 6.45) is -0.262. The van der Waals surface area contributed by atoms with E-state index in [4.69, 9.17) is 10.2 Å². The van der Waals surface area contributed by atoms with Gasteiger partial charge in [-0.05, 0) is 12.3 Å². The standard InChI is InChI=1S/C7H14O3/c1-5(2)3-6(8)4-7(9)10/h5-6,8H,3-4H2,1-2H3,(H,9,10). The molecule has 3 heteroatoms. The van der Waals surface area contributed by atoms with Gasteiger partial charge in [-0.1, -0.05) is 13.8 Å². The van der Waals surface area contributed by atoms with Gasteiger partial charge in [-0.15, -0.1) is 0 Å². The molecule has 0 aliphatic heterocycles. The van der Waals surface area contributed by atoms with Crippen LogP contribution in [0.2, 0.25) is 0 Å². The van der Waals surface area contributed by atoms with E-state index < -0.39 is 12.1 Å². The van der Waals surface area contributed by atoms with Crippen molar-refractivity contribution in [3.8, 4) is 0 Å². The van der Waals surface area contributed by atoms with Crippen LogP contribution in [-0.2, 0) is 4.79 Å². The summed E-state index contributed by atoms with van der Waals surface area (Å²) in [5.41, 5.74) is 0. The summed E-state index contributed by atoms with van der Waals surface area (Å²) >= 11 is 0. The van der Waals surface area contributed by atoms with E-state index in [1.807, 2.05) is 13.8 Å². The molecule has 3 nitrogen and oxygen atoms in total. The second-order valence-corrected chi connectivity index (χ2v) is 2.88. The zero-order chi connectivity index (χ0) is 8.15. The molecule has 0 bridgehead atoms. The number of hydrogen-bond acceptors (Lipinski definition) is 2. The molecule has 0 aromatic heterocycles. The summed E-state index contributed by atoms with van der Waals surface area (Å²) in [6.45, 7) is 3.90. The van der Waals surface area contributed by atoms with Crippen LogP contribution < -0.4 is 0 Å². The molecule has 60 valence electrons. The van der Waals surface area contributed by atoms with Crippen molar-refractivity contribution in [3.05, 3.63) is 0 Å². The van der Waals surface area contributed by atoms with E-state index in [9.17, 15) is 4.79 Å². The fourth-order valence-corrected chi connectivity index (χ4v) is 0.829. The highest BCUT2D eigenvalue weighted by Crippen LogP contribution is 2.06. The molecule has 0 saturated carbocycles. The SMILES string of the molecule is CC(C)CC(O)CC(=O)O. The Labute approximate surface area is 60.7 Å². The molecular weight excluding hydrogens is 132 g/mol. The van der Waals surface area contributed by atoms with Crippen LogP contribution in [0.15, 0.2) is 0 Å². The molecule has 0 aromatic rings. The molecule has 0 radical (unpaired) electrons. The second kappa shape index (κ2) is 4.28. The molecule has 2 N–H and O–H groups in total. The Hall–Kier alpha value is -0.570. The van der Waals surface area contributed by atoms with Gasteiger partial charge in [0, 0.05) is 0 Å². The van der Waals surface area contributed by atoms with Gasteiger partial charge in [0.05, 0.1) is 12.5 Å². The predicted octanol–water partition coefficient (Wildman–Crippen LogP) is 0.868. The largest absolute Gasteiger partial charge is 0.481 e. The van der Waals surface area contributed by atoms with Crippen molar-refractivity contribution in [3.63, 3.8) is 0 Å². The van der Waals surface area contributed by atoms with Crippen molar-refractivity contribution in [2.75, 3.05) is 0 Å². The highest BCUT2D eigenvalue weighted by atomic mass is 16.4. The van der Waals surface area contributed by atoms with E-state index in [2.05, 4.69) is 0 Å². The van der Waals surface area contributed by atoms with Crippen molar-refractivity contribution in [2.24, 2.45) is 5.92 Å². The van der Waals surface area contributed by atoms with Crippen molar-refractivity contribution in [1.82, 2.24) is 0 Å². The van der Waals surface area contributed by atoms with Gasteiger partial charge in [0.1, 0.15) is 0 Å². The zero-order valence-electron chi connectivity index (χ0n) is 6.37. The zero-order valence-corrected chi connectivity index (χ0v) is 6.37. The number of aliphatic carboxylic acids is 1. The third-order valence-electron chi connectivity index (χ3n) is 1.15. The van der Waals surface area contributed by atoms with E-state index in [-0.39, 0.29) is 6.42 Å². The molecule has 1 unspecified atom stereocenters. The lowest BCUT2D eigenvalue weighted by Gasteiger charge is -2.09. The van der Waals surface area contributed by atoms with E-state index >= 15 is 0 Å². The van der Waals surface area contributed by atoms with Crippen LogP contribution >= 0.6 is 0 Å². The van der Waals surface area contributed by atoms with Crippen molar-refractivity contribution >= 4 is 5.97 Å². The highest BCUT2D eigenvalue weighted by molar-refractivity contribution is 5.67. The van der Waals surface area contributed by atoms with Crippen LogP contribution in [0.1, 0.15) is 26.7 Å². The summed E-state index contributed by atoms with van der Waals surface area (Å²) in [6, 6.07) is 0. The number of carboxylic acids is 1. The number of aliphatic hydroxyl groups excluding tert-OH is 1. The second-order valence-electron chi connectivity index (χ2n) is 2.88. The van der Waals surface area contributed by atoms with Crippen molar-refractivity contribution in [2.45, 2.75) is 32.8 Å². The van der Waals surface area contributed by atoms with Gasteiger partial charge in [-0.2, -0.15) is 0 Å². The van der Waals surface area contributed by atoms with Crippen molar-refractivity contribution in [1.29, 1.82) is 0 Å². The van der Waals surface area contributed by atoms with Gasteiger partial charge in [-0.25, -0.2) is 0 Å². The first-order valence-corrected chi connectivity index (χ1v) is 3.42. The minimum absolute atomic E-state index is 0.141. The smallest absolute Gasteiger partial charge is 0.305 e. The molecular formula is C7H14O3. The maximum absolute atomic E-state index is 10.0. The average Bonchev–Trinajstić information content (AvgIpc) is 1.58. The maximum Gasteiger partial charge on any atom is 0.305 e. The molecule has 0 heterocycles. The summed E-state index contributed by atoms with van der Waals surface area (Å²) < 4.78 is 0. The first-order chi connectivity index (χ1) is 4.52. The van der Waals surface area contributed by atoms with E-state index in [0.717, 1.165) is 0 Å². The van der Waals surface area contributed by atoms with Crippen LogP contribution in [0.5, 0.6) is 0 Å². The van der Waals surface area contributed by atoms with Gasteiger partial charge in [0.25, 0.3) is 0 Å². The lowest BCUT2D eigenvalue weighted by molar-refractivity contribution is -0.139. The summed E-state index contributed by atoms with van der Waals surface area (Å²) in [5, 5.41) is 17.2. The summed E-state index contributed by atoms with van der Waals surface area (Å²) in [4.78, 5) is 10.0. The number of rotatable bonds is 4. The molecule has 0 amide bonds. The first kappa shape index (κ1) is 9.43. The third kappa shape index (κ3) is 5.56. The van der Waals surface area contributed by atoms with Gasteiger partial charge in [-0.3, -0.25) is 4.79 Å². The first-order valence-electron chi connectivity index (χ1n) is 3.42. The van der Waals surface area contributed by atoms with E-state index in [1.54, 1.807) is 0 Å². The normalized spacial score (nSPS) is 13.6. The Bertz CT molecular complexity index is 109. The average molecular weight is 146 g/mol. The number of carboxylic acid groups (broad SMARTS) is 1. The third-order valence-corrected chi connectivity index (χ3v) is 1.15. The molecule has 0 aliphatic carbocycles. The Morgan fingerprint density at radius 2 is 2.00 bits per heavy atom. The Balaban J connectivity index is 3.43. The minimum atomic E-state index is -0.937. The fraction of sp³-hybridized carbons (Fsp3) is 0.857. The Morgan fingerprint density at radius 3 is 2.30 bits per heavy atom. The fourth-order valence-electron chi connectivity index (χ4n) is 0.829. The molecule has 10 heavy (non-hydrogen) atoms. The van der Waals surface area contributed by atoms with Crippen LogP contribution in [0.4, 0.5) is 0 Å². The van der Waals surface area contributed by atoms with Gasteiger partial charge in [0.2, 0.25) is 0 Å². The van der Waals surface area contributed by atoms with Crippen LogP contribution in [-0.4, -0.2) is 22.3 Å². The molecule has 0 aliphatic rings. The summed E-state index contributed by atoms with van der Waals surface area (Å²) in [5.74, 6) is -0.581. The number of hydrogen-bond donors (Lipinski definition) is 2. The molecule has 0 aromatic carbocycles. The lowest BCUT2D eigenvalue weighted by atomic mass is 10.0. The minimum Gasteiger partial charge on any atom is -0.481 e. The number of aliphatic hydroxyl groups is 1. The van der Waals surface area contributed by atoms with Crippen LogP contribution in [0, 0.1) is 5.92 Å². The lowest BCUT2D eigenvalue weighted by Crippen LogP contribution is -2.14. The molecule has 0 rings (SSSR count). The maximum atomic E-state index is 10.0. The predicted molar refractivity (Wildman–Crippen MR) is 37.7 cm³/mol. The Morgan fingerprint density at radius 1 is 1.50 bits per heavy atom. The highest BCUT2D eigenvalue weighted by Gasteiger charge is 2.10. The molecule has 0 saturated heterocycles. The van der Waals surface area contributed by atoms with Crippen molar-refractivity contribution < 1.29 is 15.0 Å². The summed E-state index contributed by atoms with van der Waals surface area (Å²) in [7, 11) is 0. The molecule has 1 atom stereocenters. The van der Waals surface area contributed by atoms with E-state index in [0.29, 0.717) is 12.3 Å². The van der Waals surface area contributed by atoms with Gasteiger partial charge in [0.15, 0.2) is 0 Å². The Kier molecular flexibility index (Phi) is 4.03. The monoisotopic (exact) mass is 146 g/mol. The molecule has 0 spiro atoms. The van der Waals surface area contributed by atoms with Crippen LogP contribution in [0.25, 0.3) is 0 Å². The van der Waals surface area contributed by atoms with Crippen LogP contribution in [0.3, 0.4) is 0 Å². The van der Waals surface area contributed by atoms with Gasteiger partial charge >= 0.3 is 5.97 Å². The van der Waals surface area contributed by atoms with Gasteiger partial charge < -0.3 is 10.2 Å².